The number of nitrogens with two attached hydrogens (primary N) is 1. The van der Waals surface area contributed by atoms with Crippen LogP contribution < -0.4 is 11.1 Å². The van der Waals surface area contributed by atoms with Gasteiger partial charge in [0.1, 0.15) is 5.69 Å². The van der Waals surface area contributed by atoms with Crippen LogP contribution in [0, 0.1) is 0 Å². The van der Waals surface area contributed by atoms with E-state index < -0.39 is 6.10 Å². The number of fused-ring (bicyclic) bond motifs is 1. The number of carbonyl (C=O) groups is 1. The number of rotatable bonds is 3. The fraction of sp³-hybridized carbons (Fsp3) is 0.231. The van der Waals surface area contributed by atoms with Gasteiger partial charge < -0.3 is 16.2 Å². The zero-order chi connectivity index (χ0) is 13.1. The van der Waals surface area contributed by atoms with Gasteiger partial charge in [-0.1, -0.05) is 18.2 Å². The van der Waals surface area contributed by atoms with Gasteiger partial charge in [-0.25, -0.2) is 4.98 Å². The number of aromatic nitrogens is 1. The molecule has 18 heavy (non-hydrogen) atoms. The molecule has 0 saturated heterocycles. The van der Waals surface area contributed by atoms with Crippen LogP contribution in [0.2, 0.25) is 0 Å². The number of pyridine rings is 1. The van der Waals surface area contributed by atoms with Crippen molar-refractivity contribution < 1.29 is 9.90 Å². The number of hydrogen-bond donors (Lipinski definition) is 3. The summed E-state index contributed by atoms with van der Waals surface area (Å²) in [5, 5.41) is 12.5. The number of hydrogen-bond acceptors (Lipinski definition) is 4. The Morgan fingerprint density at radius 3 is 2.94 bits per heavy atom. The number of benzene rings is 1. The van der Waals surface area contributed by atoms with E-state index >= 15 is 0 Å². The van der Waals surface area contributed by atoms with Gasteiger partial charge in [0, 0.05) is 17.6 Å². The predicted molar refractivity (Wildman–Crippen MR) is 70.2 cm³/mol. The normalized spacial score (nSPS) is 12.3. The van der Waals surface area contributed by atoms with Crippen molar-refractivity contribution in [3.8, 4) is 0 Å². The molecule has 0 aliphatic rings. The summed E-state index contributed by atoms with van der Waals surface area (Å²) in [4.78, 5) is 16.0. The average molecular weight is 245 g/mol. The van der Waals surface area contributed by atoms with Crippen LogP contribution in [0.3, 0.4) is 0 Å². The second-order valence-electron chi connectivity index (χ2n) is 4.17. The second-order valence-corrected chi connectivity index (χ2v) is 4.17. The van der Waals surface area contributed by atoms with Crippen LogP contribution >= 0.6 is 0 Å². The Morgan fingerprint density at radius 2 is 2.22 bits per heavy atom. The molecule has 4 N–H and O–H groups in total. The molecule has 0 spiro atoms. The lowest BCUT2D eigenvalue weighted by molar-refractivity contribution is 0.0919. The van der Waals surface area contributed by atoms with Gasteiger partial charge in [-0.3, -0.25) is 4.79 Å². The summed E-state index contributed by atoms with van der Waals surface area (Å²) < 4.78 is 0. The quantitative estimate of drug-likeness (QED) is 0.750. The Labute approximate surface area is 105 Å². The van der Waals surface area contributed by atoms with Crippen molar-refractivity contribution in [1.29, 1.82) is 0 Å². The summed E-state index contributed by atoms with van der Waals surface area (Å²) in [5.74, 6) is -0.339. The lowest BCUT2D eigenvalue weighted by atomic mass is 10.1. The highest BCUT2D eigenvalue weighted by Crippen LogP contribution is 2.19. The van der Waals surface area contributed by atoms with Gasteiger partial charge >= 0.3 is 0 Å². The van der Waals surface area contributed by atoms with Crippen LogP contribution in [0.15, 0.2) is 30.3 Å². The summed E-state index contributed by atoms with van der Waals surface area (Å²) in [6.45, 7) is 1.79. The van der Waals surface area contributed by atoms with E-state index in [2.05, 4.69) is 10.3 Å². The van der Waals surface area contributed by atoms with E-state index in [1.807, 2.05) is 18.2 Å². The number of nitrogens with zero attached hydrogens (tertiary/aromatic N) is 1. The number of para-hydroxylation sites is 1. The van der Waals surface area contributed by atoms with Gasteiger partial charge in [0.25, 0.3) is 5.91 Å². The van der Waals surface area contributed by atoms with Gasteiger partial charge in [-0.15, -0.1) is 0 Å². The third-order valence-electron chi connectivity index (χ3n) is 2.54. The van der Waals surface area contributed by atoms with E-state index in [0.717, 1.165) is 5.39 Å². The third-order valence-corrected chi connectivity index (χ3v) is 2.54. The van der Waals surface area contributed by atoms with Crippen LogP contribution in [-0.4, -0.2) is 28.6 Å². The molecule has 5 heteroatoms. The summed E-state index contributed by atoms with van der Waals surface area (Å²) in [6.07, 6.45) is -0.591. The monoisotopic (exact) mass is 245 g/mol. The van der Waals surface area contributed by atoms with E-state index in [0.29, 0.717) is 11.2 Å². The fourth-order valence-corrected chi connectivity index (χ4v) is 1.65. The lowest BCUT2D eigenvalue weighted by Crippen LogP contribution is -2.31. The Balaban J connectivity index is 2.31. The number of anilines is 1. The Hall–Kier alpha value is -2.14. The molecular weight excluding hydrogens is 230 g/mol. The molecule has 0 radical (unpaired) electrons. The fourth-order valence-electron chi connectivity index (χ4n) is 1.65. The van der Waals surface area contributed by atoms with E-state index in [1.165, 1.54) is 0 Å². The van der Waals surface area contributed by atoms with Gasteiger partial charge in [0.05, 0.1) is 11.6 Å². The Kier molecular flexibility index (Phi) is 3.43. The van der Waals surface area contributed by atoms with Crippen LogP contribution in [-0.2, 0) is 0 Å². The predicted octanol–water partition coefficient (Wildman–Crippen LogP) is 0.928. The largest absolute Gasteiger partial charge is 0.398 e. The SMILES string of the molecule is CC(O)CNC(=O)c1cc(N)c2ccccc2n1. The van der Waals surface area contributed by atoms with Crippen molar-refractivity contribution in [2.24, 2.45) is 0 Å². The van der Waals surface area contributed by atoms with Gasteiger partial charge in [-0.05, 0) is 19.1 Å². The van der Waals surface area contributed by atoms with Gasteiger partial charge in [0.15, 0.2) is 0 Å². The third kappa shape index (κ3) is 2.57. The Morgan fingerprint density at radius 1 is 1.50 bits per heavy atom. The molecule has 2 aromatic rings. The summed E-state index contributed by atoms with van der Waals surface area (Å²) >= 11 is 0. The minimum Gasteiger partial charge on any atom is -0.398 e. The highest BCUT2D eigenvalue weighted by molar-refractivity contribution is 5.99. The number of nitrogen functional groups attached to an aromatic ring is 1. The van der Waals surface area contributed by atoms with Crippen LogP contribution in [0.1, 0.15) is 17.4 Å². The molecule has 2 rings (SSSR count). The van der Waals surface area contributed by atoms with Gasteiger partial charge in [-0.2, -0.15) is 0 Å². The maximum atomic E-state index is 11.8. The summed E-state index contributed by atoms with van der Waals surface area (Å²) in [7, 11) is 0. The van der Waals surface area contributed by atoms with Crippen LogP contribution in [0.25, 0.3) is 10.9 Å². The van der Waals surface area contributed by atoms with Crippen molar-refractivity contribution >= 4 is 22.5 Å². The first-order valence-corrected chi connectivity index (χ1v) is 5.69. The lowest BCUT2D eigenvalue weighted by Gasteiger charge is -2.08. The molecule has 1 unspecified atom stereocenters. The smallest absolute Gasteiger partial charge is 0.270 e. The molecule has 1 atom stereocenters. The number of aliphatic hydroxyl groups excluding tert-OH is 1. The minimum absolute atomic E-state index is 0.188. The first-order chi connectivity index (χ1) is 8.58. The molecule has 0 aliphatic heterocycles. The van der Waals surface area contributed by atoms with Crippen molar-refractivity contribution in [1.82, 2.24) is 10.3 Å². The maximum absolute atomic E-state index is 11.8. The highest BCUT2D eigenvalue weighted by Gasteiger charge is 2.10. The first-order valence-electron chi connectivity index (χ1n) is 5.69. The first kappa shape index (κ1) is 12.3. The molecule has 1 aromatic carbocycles. The van der Waals surface area contributed by atoms with Crippen LogP contribution in [0.4, 0.5) is 5.69 Å². The molecule has 0 aliphatic carbocycles. The molecule has 1 amide bonds. The standard InChI is InChI=1S/C13H15N3O2/c1-8(17)7-15-13(18)12-6-10(14)9-4-2-3-5-11(9)16-12/h2-6,8,17H,7H2,1H3,(H2,14,16)(H,15,18). The molecule has 5 nitrogen and oxygen atoms in total. The zero-order valence-electron chi connectivity index (χ0n) is 10.1. The van der Waals surface area contributed by atoms with E-state index in [9.17, 15) is 4.79 Å². The van der Waals surface area contributed by atoms with E-state index in [4.69, 9.17) is 10.8 Å². The zero-order valence-corrected chi connectivity index (χ0v) is 10.1. The van der Waals surface area contributed by atoms with Gasteiger partial charge in [0.2, 0.25) is 0 Å². The van der Waals surface area contributed by atoms with Crippen molar-refractivity contribution in [3.05, 3.63) is 36.0 Å². The van der Waals surface area contributed by atoms with Crippen molar-refractivity contribution in [2.45, 2.75) is 13.0 Å². The number of aliphatic hydroxyl groups is 1. The van der Waals surface area contributed by atoms with E-state index in [-0.39, 0.29) is 18.1 Å². The Bertz CT molecular complexity index is 581. The molecule has 94 valence electrons. The highest BCUT2D eigenvalue weighted by atomic mass is 16.3. The molecule has 1 heterocycles. The topological polar surface area (TPSA) is 88.2 Å². The summed E-state index contributed by atoms with van der Waals surface area (Å²) in [5.41, 5.74) is 7.33. The molecule has 0 saturated carbocycles. The summed E-state index contributed by atoms with van der Waals surface area (Å²) in [6, 6.07) is 8.91. The number of amides is 1. The maximum Gasteiger partial charge on any atom is 0.270 e. The second kappa shape index (κ2) is 5.01. The average Bonchev–Trinajstić information content (AvgIpc) is 2.36. The number of nitrogens with one attached hydrogen (secondary N) is 1. The van der Waals surface area contributed by atoms with Crippen molar-refractivity contribution in [3.63, 3.8) is 0 Å². The molecule has 0 fully saturated rings. The molecule has 1 aromatic heterocycles. The van der Waals surface area contributed by atoms with Crippen LogP contribution in [0.5, 0.6) is 0 Å². The number of carbonyl (C=O) groups excluding carboxylic acids is 1. The molecule has 0 bridgehead atoms. The molecular formula is C13H15N3O2. The van der Waals surface area contributed by atoms with Crippen molar-refractivity contribution in [2.75, 3.05) is 12.3 Å². The minimum atomic E-state index is -0.591. The van der Waals surface area contributed by atoms with E-state index in [1.54, 1.807) is 19.1 Å².